The van der Waals surface area contributed by atoms with Gasteiger partial charge in [-0.25, -0.2) is 4.79 Å². The van der Waals surface area contributed by atoms with Crippen LogP contribution < -0.4 is 15.1 Å². The summed E-state index contributed by atoms with van der Waals surface area (Å²) in [5.74, 6) is -0.120. The van der Waals surface area contributed by atoms with Crippen molar-refractivity contribution in [3.05, 3.63) is 34.2 Å². The predicted octanol–water partition coefficient (Wildman–Crippen LogP) is 1.79. The monoisotopic (exact) mass is 304 g/mol. The molecule has 2 aromatic rings. The van der Waals surface area contributed by atoms with Crippen LogP contribution in [0.1, 0.15) is 26.3 Å². The van der Waals surface area contributed by atoms with Gasteiger partial charge in [0.05, 0.1) is 5.60 Å². The summed E-state index contributed by atoms with van der Waals surface area (Å²) in [6, 6.07) is 4.72. The Labute approximate surface area is 126 Å². The Morgan fingerprint density at radius 1 is 1.41 bits per heavy atom. The highest BCUT2D eigenvalue weighted by atomic mass is 16.6. The second-order valence-electron chi connectivity index (χ2n) is 5.92. The number of fused-ring (bicyclic) bond motifs is 2. The number of ether oxygens (including phenoxy) is 2. The van der Waals surface area contributed by atoms with Crippen molar-refractivity contribution < 1.29 is 23.8 Å². The molecule has 6 heteroatoms. The molecule has 0 fully saturated rings. The third-order valence-corrected chi connectivity index (χ3v) is 3.60. The van der Waals surface area contributed by atoms with Crippen LogP contribution in [0.25, 0.3) is 11.0 Å². The number of esters is 1. The molecular formula is C16H16O6. The van der Waals surface area contributed by atoms with Crippen LogP contribution in [0.4, 0.5) is 0 Å². The summed E-state index contributed by atoms with van der Waals surface area (Å²) in [6.07, 6.45) is 0.00246. The molecule has 0 amide bonds. The minimum Gasteiger partial charge on any atom is -0.483 e. The zero-order valence-electron chi connectivity index (χ0n) is 12.5. The molecule has 3 rings (SSSR count). The summed E-state index contributed by atoms with van der Waals surface area (Å²) >= 11 is 0. The average molecular weight is 304 g/mol. The summed E-state index contributed by atoms with van der Waals surface area (Å²) < 4.78 is 16.1. The van der Waals surface area contributed by atoms with E-state index in [1.54, 1.807) is 19.9 Å². The second-order valence-corrected chi connectivity index (χ2v) is 5.92. The smallest absolute Gasteiger partial charge is 0.336 e. The summed E-state index contributed by atoms with van der Waals surface area (Å²) in [7, 11) is 0. The lowest BCUT2D eigenvalue weighted by molar-refractivity contribution is -0.132. The standard InChI is InChI=1S/C16H16O6/c1-8(17)20-15-13-9(4-5-12(18)22-13)6-10-7-11(16(2,3)19)21-14(10)15/h4-6,11,19H,7H2,1-3H3/t11-/m1/s1. The summed E-state index contributed by atoms with van der Waals surface area (Å²) in [5, 5.41) is 10.8. The van der Waals surface area contributed by atoms with Crippen LogP contribution in [0.15, 0.2) is 27.4 Å². The van der Waals surface area contributed by atoms with Crippen molar-refractivity contribution in [1.29, 1.82) is 0 Å². The third kappa shape index (κ3) is 2.46. The normalized spacial score (nSPS) is 17.2. The molecule has 1 N–H and O–H groups in total. The van der Waals surface area contributed by atoms with Gasteiger partial charge in [0.15, 0.2) is 11.3 Å². The lowest BCUT2D eigenvalue weighted by Crippen LogP contribution is -2.39. The van der Waals surface area contributed by atoms with Gasteiger partial charge in [-0.05, 0) is 26.0 Å². The van der Waals surface area contributed by atoms with Crippen molar-refractivity contribution in [2.24, 2.45) is 0 Å². The molecule has 0 unspecified atom stereocenters. The highest BCUT2D eigenvalue weighted by Gasteiger charge is 2.37. The fourth-order valence-corrected chi connectivity index (χ4v) is 2.52. The quantitative estimate of drug-likeness (QED) is 0.517. The van der Waals surface area contributed by atoms with Crippen LogP contribution in [-0.4, -0.2) is 22.8 Å². The first-order valence-electron chi connectivity index (χ1n) is 6.93. The van der Waals surface area contributed by atoms with E-state index in [1.807, 2.05) is 6.07 Å². The van der Waals surface area contributed by atoms with Crippen LogP contribution in [0.5, 0.6) is 11.5 Å². The Morgan fingerprint density at radius 2 is 2.14 bits per heavy atom. The molecule has 22 heavy (non-hydrogen) atoms. The van der Waals surface area contributed by atoms with Crippen molar-refractivity contribution in [2.45, 2.75) is 38.9 Å². The Balaban J connectivity index is 2.22. The van der Waals surface area contributed by atoms with E-state index in [0.717, 1.165) is 5.56 Å². The summed E-state index contributed by atoms with van der Waals surface area (Å²) in [4.78, 5) is 22.8. The molecule has 1 aromatic carbocycles. The zero-order valence-corrected chi connectivity index (χ0v) is 12.5. The van der Waals surface area contributed by atoms with Crippen molar-refractivity contribution in [3.8, 4) is 11.5 Å². The molecular weight excluding hydrogens is 288 g/mol. The number of hydrogen-bond donors (Lipinski definition) is 1. The van der Waals surface area contributed by atoms with Crippen LogP contribution >= 0.6 is 0 Å². The third-order valence-electron chi connectivity index (χ3n) is 3.60. The SMILES string of the molecule is CC(=O)Oc1c2c(cc3ccc(=O)oc13)C[C@H](C(C)(C)O)O2. The van der Waals surface area contributed by atoms with Gasteiger partial charge >= 0.3 is 11.6 Å². The molecule has 1 atom stereocenters. The Kier molecular flexibility index (Phi) is 3.21. The fraction of sp³-hybridized carbons (Fsp3) is 0.375. The van der Waals surface area contributed by atoms with Gasteiger partial charge in [-0.3, -0.25) is 4.79 Å². The molecule has 1 aliphatic rings. The highest BCUT2D eigenvalue weighted by Crippen LogP contribution is 2.45. The number of hydrogen-bond acceptors (Lipinski definition) is 6. The van der Waals surface area contributed by atoms with Gasteiger partial charge in [0.1, 0.15) is 6.10 Å². The lowest BCUT2D eigenvalue weighted by Gasteiger charge is -2.24. The van der Waals surface area contributed by atoms with E-state index in [-0.39, 0.29) is 11.3 Å². The number of carbonyl (C=O) groups is 1. The van der Waals surface area contributed by atoms with E-state index >= 15 is 0 Å². The molecule has 1 aliphatic heterocycles. The van der Waals surface area contributed by atoms with E-state index in [9.17, 15) is 14.7 Å². The van der Waals surface area contributed by atoms with E-state index in [1.165, 1.54) is 13.0 Å². The molecule has 0 saturated carbocycles. The Hall–Kier alpha value is -2.34. The molecule has 6 nitrogen and oxygen atoms in total. The molecule has 0 bridgehead atoms. The first kappa shape index (κ1) is 14.6. The molecule has 0 saturated heterocycles. The minimum atomic E-state index is -1.06. The summed E-state index contributed by atoms with van der Waals surface area (Å²) in [5.41, 5.74) is -0.639. The first-order valence-corrected chi connectivity index (χ1v) is 6.93. The largest absolute Gasteiger partial charge is 0.483 e. The number of carbonyl (C=O) groups excluding carboxylic acids is 1. The van der Waals surface area contributed by atoms with E-state index in [2.05, 4.69) is 0 Å². The maximum absolute atomic E-state index is 11.5. The van der Waals surface area contributed by atoms with Gasteiger partial charge in [-0.15, -0.1) is 0 Å². The molecule has 0 spiro atoms. The first-order chi connectivity index (χ1) is 10.3. The van der Waals surface area contributed by atoms with Crippen molar-refractivity contribution in [3.63, 3.8) is 0 Å². The highest BCUT2D eigenvalue weighted by molar-refractivity contribution is 5.89. The van der Waals surface area contributed by atoms with Gasteiger partial charge in [-0.2, -0.15) is 0 Å². The fourth-order valence-electron chi connectivity index (χ4n) is 2.52. The molecule has 0 radical (unpaired) electrons. The van der Waals surface area contributed by atoms with E-state index in [4.69, 9.17) is 13.9 Å². The van der Waals surface area contributed by atoms with Gasteiger partial charge in [0, 0.05) is 30.4 Å². The van der Waals surface area contributed by atoms with Crippen LogP contribution in [0.3, 0.4) is 0 Å². The molecule has 1 aromatic heterocycles. The minimum absolute atomic E-state index is 0.0875. The topological polar surface area (TPSA) is 86.0 Å². The number of benzene rings is 1. The van der Waals surface area contributed by atoms with Crippen molar-refractivity contribution >= 4 is 16.9 Å². The van der Waals surface area contributed by atoms with E-state index in [0.29, 0.717) is 17.6 Å². The predicted molar refractivity (Wildman–Crippen MR) is 78.2 cm³/mol. The maximum atomic E-state index is 11.5. The van der Waals surface area contributed by atoms with Crippen molar-refractivity contribution in [1.82, 2.24) is 0 Å². The average Bonchev–Trinajstić information content (AvgIpc) is 2.82. The van der Waals surface area contributed by atoms with Gasteiger partial charge in [-0.1, -0.05) is 0 Å². The lowest BCUT2D eigenvalue weighted by atomic mass is 9.97. The molecule has 2 heterocycles. The summed E-state index contributed by atoms with van der Waals surface area (Å²) in [6.45, 7) is 4.55. The maximum Gasteiger partial charge on any atom is 0.336 e. The van der Waals surface area contributed by atoms with Crippen LogP contribution in [0.2, 0.25) is 0 Å². The van der Waals surface area contributed by atoms with Gasteiger partial charge in [0.2, 0.25) is 5.75 Å². The number of rotatable bonds is 2. The second kappa shape index (κ2) is 4.84. The Morgan fingerprint density at radius 3 is 2.77 bits per heavy atom. The van der Waals surface area contributed by atoms with Gasteiger partial charge in [0.25, 0.3) is 0 Å². The van der Waals surface area contributed by atoms with Crippen molar-refractivity contribution in [2.75, 3.05) is 0 Å². The van der Waals surface area contributed by atoms with Crippen LogP contribution in [-0.2, 0) is 11.2 Å². The van der Waals surface area contributed by atoms with E-state index < -0.39 is 23.3 Å². The van der Waals surface area contributed by atoms with Crippen LogP contribution in [0, 0.1) is 0 Å². The molecule has 116 valence electrons. The zero-order chi connectivity index (χ0) is 16.1. The Bertz CT molecular complexity index is 812. The number of aliphatic hydroxyl groups is 1. The molecule has 0 aliphatic carbocycles. The van der Waals surface area contributed by atoms with Gasteiger partial charge < -0.3 is 19.0 Å².